The highest BCUT2D eigenvalue weighted by Gasteiger charge is 2.22. The van der Waals surface area contributed by atoms with Gasteiger partial charge in [-0.15, -0.1) is 0 Å². The predicted octanol–water partition coefficient (Wildman–Crippen LogP) is 1.07. The second-order valence-electron chi connectivity index (χ2n) is 5.36. The third-order valence-corrected chi connectivity index (χ3v) is 3.96. The van der Waals surface area contributed by atoms with Crippen LogP contribution in [0.5, 0.6) is 5.75 Å². The minimum atomic E-state index is -0.0740. The van der Waals surface area contributed by atoms with Gasteiger partial charge in [0, 0.05) is 37.1 Å². The number of likely N-dealkylation sites (N-methyl/N-ethyl adjacent to an activating group) is 1. The molecule has 1 fully saturated rings. The van der Waals surface area contributed by atoms with Gasteiger partial charge in [-0.3, -0.25) is 9.59 Å². The van der Waals surface area contributed by atoms with Crippen LogP contribution in [-0.4, -0.2) is 65.3 Å². The monoisotopic (exact) mass is 287 g/mol. The quantitative estimate of drug-likeness (QED) is 0.810. The molecular formula is C15H17N3O3. The minimum Gasteiger partial charge on any atom is -0.507 e. The highest BCUT2D eigenvalue weighted by atomic mass is 16.3. The molecule has 2 heterocycles. The van der Waals surface area contributed by atoms with Gasteiger partial charge in [-0.2, -0.15) is 0 Å². The molecule has 0 spiro atoms. The summed E-state index contributed by atoms with van der Waals surface area (Å²) in [5.74, 6) is -0.147. The molecular weight excluding hydrogens is 270 g/mol. The number of aldehydes is 1. The molecule has 0 radical (unpaired) electrons. The Balaban J connectivity index is 1.94. The number of fused-ring (bicyclic) bond motifs is 1. The van der Waals surface area contributed by atoms with Gasteiger partial charge in [-0.25, -0.2) is 0 Å². The Labute approximate surface area is 122 Å². The van der Waals surface area contributed by atoms with Crippen LogP contribution in [0.1, 0.15) is 20.8 Å². The number of phenolic OH excluding ortho intramolecular Hbond substituents is 1. The van der Waals surface area contributed by atoms with E-state index < -0.39 is 0 Å². The minimum absolute atomic E-state index is 0.0735. The van der Waals surface area contributed by atoms with Gasteiger partial charge in [-0.05, 0) is 25.2 Å². The van der Waals surface area contributed by atoms with E-state index in [-0.39, 0.29) is 17.2 Å². The van der Waals surface area contributed by atoms with E-state index in [9.17, 15) is 14.7 Å². The van der Waals surface area contributed by atoms with Gasteiger partial charge in [0.2, 0.25) is 0 Å². The number of aromatic amines is 1. The maximum absolute atomic E-state index is 12.5. The summed E-state index contributed by atoms with van der Waals surface area (Å²) >= 11 is 0. The lowest BCUT2D eigenvalue weighted by atomic mass is 10.1. The van der Waals surface area contributed by atoms with Gasteiger partial charge in [0.25, 0.3) is 5.91 Å². The average molecular weight is 287 g/mol. The van der Waals surface area contributed by atoms with E-state index >= 15 is 0 Å². The fraction of sp³-hybridized carbons (Fsp3) is 0.333. The van der Waals surface area contributed by atoms with Crippen LogP contribution in [0.3, 0.4) is 0 Å². The van der Waals surface area contributed by atoms with Crippen LogP contribution < -0.4 is 0 Å². The van der Waals surface area contributed by atoms with Crippen molar-refractivity contribution in [2.75, 3.05) is 33.2 Å². The maximum Gasteiger partial charge on any atom is 0.270 e. The van der Waals surface area contributed by atoms with Crippen LogP contribution in [0.15, 0.2) is 18.2 Å². The normalized spacial score (nSPS) is 16.3. The molecule has 2 aromatic rings. The third-order valence-electron chi connectivity index (χ3n) is 3.96. The second kappa shape index (κ2) is 5.21. The summed E-state index contributed by atoms with van der Waals surface area (Å²) < 4.78 is 0. The summed E-state index contributed by atoms with van der Waals surface area (Å²) in [7, 11) is 2.03. The van der Waals surface area contributed by atoms with E-state index in [0.29, 0.717) is 36.0 Å². The number of carbonyl (C=O) groups is 2. The first-order valence-electron chi connectivity index (χ1n) is 6.88. The van der Waals surface area contributed by atoms with Crippen molar-refractivity contribution < 1.29 is 14.7 Å². The van der Waals surface area contributed by atoms with Crippen molar-refractivity contribution >= 4 is 23.1 Å². The molecule has 2 N–H and O–H groups in total. The van der Waals surface area contributed by atoms with E-state index in [1.54, 1.807) is 17.0 Å². The van der Waals surface area contributed by atoms with Crippen molar-refractivity contribution in [1.82, 2.24) is 14.8 Å². The lowest BCUT2D eigenvalue weighted by Gasteiger charge is -2.32. The van der Waals surface area contributed by atoms with E-state index in [1.807, 2.05) is 7.05 Å². The van der Waals surface area contributed by atoms with Crippen molar-refractivity contribution in [3.8, 4) is 5.75 Å². The summed E-state index contributed by atoms with van der Waals surface area (Å²) in [5.41, 5.74) is 1.33. The fourth-order valence-corrected chi connectivity index (χ4v) is 2.63. The summed E-state index contributed by atoms with van der Waals surface area (Å²) in [6.07, 6.45) is 0.607. The molecule has 0 atom stereocenters. The number of hydrogen-bond donors (Lipinski definition) is 2. The van der Waals surface area contributed by atoms with Gasteiger partial charge < -0.3 is 19.9 Å². The number of aromatic hydroxyl groups is 1. The lowest BCUT2D eigenvalue weighted by molar-refractivity contribution is 0.0659. The van der Waals surface area contributed by atoms with Crippen LogP contribution in [0.4, 0.5) is 0 Å². The number of piperazine rings is 1. The van der Waals surface area contributed by atoms with Crippen LogP contribution >= 0.6 is 0 Å². The highest BCUT2D eigenvalue weighted by molar-refractivity contribution is 6.04. The molecule has 1 aromatic heterocycles. The molecule has 1 aliphatic rings. The molecule has 6 nitrogen and oxygen atoms in total. The maximum atomic E-state index is 12.5. The molecule has 0 aliphatic carbocycles. The highest BCUT2D eigenvalue weighted by Crippen LogP contribution is 2.26. The largest absolute Gasteiger partial charge is 0.507 e. The molecule has 110 valence electrons. The van der Waals surface area contributed by atoms with E-state index in [2.05, 4.69) is 9.88 Å². The predicted molar refractivity (Wildman–Crippen MR) is 78.8 cm³/mol. The molecule has 1 aromatic carbocycles. The van der Waals surface area contributed by atoms with Crippen molar-refractivity contribution in [3.63, 3.8) is 0 Å². The summed E-state index contributed by atoms with van der Waals surface area (Å²) in [5, 5.41) is 10.3. The number of aromatic nitrogens is 1. The van der Waals surface area contributed by atoms with Gasteiger partial charge >= 0.3 is 0 Å². The standard InChI is InChI=1S/C15H17N3O3/c1-17-4-6-18(7-5-17)15(21)13-8-10-11(9-19)14(20)3-2-12(10)16-13/h2-3,8-9,16,20H,4-7H2,1H3. The van der Waals surface area contributed by atoms with E-state index in [4.69, 9.17) is 0 Å². The average Bonchev–Trinajstić information content (AvgIpc) is 2.91. The summed E-state index contributed by atoms with van der Waals surface area (Å²) in [6.45, 7) is 3.09. The Morgan fingerprint density at radius 3 is 2.67 bits per heavy atom. The molecule has 3 rings (SSSR count). The lowest BCUT2D eigenvalue weighted by Crippen LogP contribution is -2.47. The van der Waals surface area contributed by atoms with Crippen LogP contribution in [0.2, 0.25) is 0 Å². The number of amides is 1. The number of nitrogens with zero attached hydrogens (tertiary/aromatic N) is 2. The topological polar surface area (TPSA) is 76.6 Å². The SMILES string of the molecule is CN1CCN(C(=O)c2cc3c(C=O)c(O)ccc3[nH]2)CC1. The van der Waals surface area contributed by atoms with Crippen LogP contribution in [-0.2, 0) is 0 Å². The van der Waals surface area contributed by atoms with E-state index in [0.717, 1.165) is 13.1 Å². The number of rotatable bonds is 2. The number of benzene rings is 1. The second-order valence-corrected chi connectivity index (χ2v) is 5.36. The Morgan fingerprint density at radius 2 is 2.00 bits per heavy atom. The summed E-state index contributed by atoms with van der Waals surface area (Å²) in [6, 6.07) is 4.75. The smallest absolute Gasteiger partial charge is 0.270 e. The van der Waals surface area contributed by atoms with Gasteiger partial charge in [-0.1, -0.05) is 0 Å². The fourth-order valence-electron chi connectivity index (χ4n) is 2.63. The third kappa shape index (κ3) is 2.38. The Bertz CT molecular complexity index is 699. The number of phenols is 1. The van der Waals surface area contributed by atoms with Crippen LogP contribution in [0, 0.1) is 0 Å². The molecule has 0 unspecified atom stereocenters. The number of hydrogen-bond acceptors (Lipinski definition) is 4. The van der Waals surface area contributed by atoms with Crippen molar-refractivity contribution in [2.24, 2.45) is 0 Å². The Kier molecular flexibility index (Phi) is 3.39. The Morgan fingerprint density at radius 1 is 1.29 bits per heavy atom. The summed E-state index contributed by atoms with van der Waals surface area (Å²) in [4.78, 5) is 30.6. The molecule has 1 amide bonds. The van der Waals surface area contributed by atoms with Gasteiger partial charge in [0.1, 0.15) is 11.4 Å². The molecule has 1 saturated heterocycles. The molecule has 1 aliphatic heterocycles. The van der Waals surface area contributed by atoms with Crippen LogP contribution in [0.25, 0.3) is 10.9 Å². The van der Waals surface area contributed by atoms with Crippen molar-refractivity contribution in [2.45, 2.75) is 0 Å². The number of nitrogens with one attached hydrogen (secondary N) is 1. The molecule has 21 heavy (non-hydrogen) atoms. The number of H-pyrrole nitrogens is 1. The zero-order chi connectivity index (χ0) is 15.0. The van der Waals surface area contributed by atoms with Crippen molar-refractivity contribution in [3.05, 3.63) is 29.5 Å². The number of carbonyl (C=O) groups excluding carboxylic acids is 2. The van der Waals surface area contributed by atoms with E-state index in [1.165, 1.54) is 6.07 Å². The van der Waals surface area contributed by atoms with Gasteiger partial charge in [0.05, 0.1) is 5.56 Å². The van der Waals surface area contributed by atoms with Crippen molar-refractivity contribution in [1.29, 1.82) is 0 Å². The first-order valence-corrected chi connectivity index (χ1v) is 6.88. The Hall–Kier alpha value is -2.34. The zero-order valence-corrected chi connectivity index (χ0v) is 11.8. The molecule has 6 heteroatoms. The molecule has 0 saturated carbocycles. The first kappa shape index (κ1) is 13.6. The zero-order valence-electron chi connectivity index (χ0n) is 11.8. The first-order chi connectivity index (χ1) is 10.1. The van der Waals surface area contributed by atoms with Gasteiger partial charge in [0.15, 0.2) is 6.29 Å². The molecule has 0 bridgehead atoms.